The summed E-state index contributed by atoms with van der Waals surface area (Å²) < 4.78 is 9.86. The molecular formula is C16H23NO5. The van der Waals surface area contributed by atoms with Gasteiger partial charge in [0, 0.05) is 13.5 Å². The lowest BCUT2D eigenvalue weighted by atomic mass is 10.0. The Bertz CT molecular complexity index is 515. The Morgan fingerprint density at radius 3 is 2.55 bits per heavy atom. The second-order valence-electron chi connectivity index (χ2n) is 5.13. The van der Waals surface area contributed by atoms with Gasteiger partial charge in [-0.15, -0.1) is 0 Å². The van der Waals surface area contributed by atoms with Crippen LogP contribution >= 0.6 is 0 Å². The second kappa shape index (κ2) is 9.17. The minimum absolute atomic E-state index is 0.180. The SMILES string of the molecule is COCCOCC(=O)N[C@H](Cc1ccc(C)c(C)c1)C(=O)O. The maximum Gasteiger partial charge on any atom is 0.326 e. The number of ether oxygens (including phenoxy) is 2. The minimum Gasteiger partial charge on any atom is -0.480 e. The third kappa shape index (κ3) is 6.24. The van der Waals surface area contributed by atoms with Crippen LogP contribution in [0.1, 0.15) is 16.7 Å². The summed E-state index contributed by atoms with van der Waals surface area (Å²) in [5, 5.41) is 11.7. The normalized spacial score (nSPS) is 12.0. The Kier molecular flexibility index (Phi) is 7.56. The van der Waals surface area contributed by atoms with Crippen LogP contribution in [-0.2, 0) is 25.5 Å². The summed E-state index contributed by atoms with van der Waals surface area (Å²) in [5.41, 5.74) is 3.11. The third-order valence-electron chi connectivity index (χ3n) is 3.31. The fraction of sp³-hybridized carbons (Fsp3) is 0.500. The molecule has 1 aromatic rings. The van der Waals surface area contributed by atoms with Crippen LogP contribution in [-0.4, -0.2) is 50.0 Å². The first-order valence-corrected chi connectivity index (χ1v) is 7.09. The van der Waals surface area contributed by atoms with Crippen molar-refractivity contribution >= 4 is 11.9 Å². The highest BCUT2D eigenvalue weighted by atomic mass is 16.5. The number of carboxylic acids is 1. The lowest BCUT2D eigenvalue weighted by molar-refractivity contribution is -0.142. The molecule has 0 bridgehead atoms. The molecule has 0 radical (unpaired) electrons. The summed E-state index contributed by atoms with van der Waals surface area (Å²) in [6.45, 7) is 4.46. The van der Waals surface area contributed by atoms with Gasteiger partial charge in [0.2, 0.25) is 5.91 Å². The van der Waals surface area contributed by atoms with E-state index in [0.717, 1.165) is 16.7 Å². The van der Waals surface area contributed by atoms with Gasteiger partial charge >= 0.3 is 5.97 Å². The first-order valence-electron chi connectivity index (χ1n) is 7.09. The van der Waals surface area contributed by atoms with Crippen LogP contribution in [0.2, 0.25) is 0 Å². The van der Waals surface area contributed by atoms with E-state index in [9.17, 15) is 14.7 Å². The molecule has 1 atom stereocenters. The van der Waals surface area contributed by atoms with E-state index >= 15 is 0 Å². The molecule has 0 aliphatic rings. The zero-order valence-corrected chi connectivity index (χ0v) is 13.2. The third-order valence-corrected chi connectivity index (χ3v) is 3.31. The van der Waals surface area contributed by atoms with Crippen molar-refractivity contribution in [1.29, 1.82) is 0 Å². The van der Waals surface area contributed by atoms with Gasteiger partial charge in [0.05, 0.1) is 13.2 Å². The number of aliphatic carboxylic acids is 1. The molecule has 6 nitrogen and oxygen atoms in total. The molecule has 0 saturated carbocycles. The highest BCUT2D eigenvalue weighted by molar-refractivity contribution is 5.84. The molecule has 0 saturated heterocycles. The fourth-order valence-electron chi connectivity index (χ4n) is 1.91. The van der Waals surface area contributed by atoms with Crippen molar-refractivity contribution in [2.24, 2.45) is 0 Å². The number of rotatable bonds is 9. The van der Waals surface area contributed by atoms with Gasteiger partial charge in [0.15, 0.2) is 0 Å². The van der Waals surface area contributed by atoms with Gasteiger partial charge in [0.25, 0.3) is 0 Å². The Hall–Kier alpha value is -1.92. The molecular weight excluding hydrogens is 286 g/mol. The molecule has 0 aliphatic carbocycles. The highest BCUT2D eigenvalue weighted by Crippen LogP contribution is 2.11. The fourth-order valence-corrected chi connectivity index (χ4v) is 1.91. The number of carbonyl (C=O) groups is 2. The van der Waals surface area contributed by atoms with E-state index in [2.05, 4.69) is 5.32 Å². The van der Waals surface area contributed by atoms with Crippen LogP contribution < -0.4 is 5.32 Å². The van der Waals surface area contributed by atoms with E-state index in [4.69, 9.17) is 9.47 Å². The standard InChI is InChI=1S/C16H23NO5/c1-11-4-5-13(8-12(11)2)9-14(16(19)20)17-15(18)10-22-7-6-21-3/h4-5,8,14H,6-7,9-10H2,1-3H3,(H,17,18)(H,19,20)/t14-/m1/s1. The van der Waals surface area contributed by atoms with Gasteiger partial charge in [-0.2, -0.15) is 0 Å². The number of carbonyl (C=O) groups excluding carboxylic acids is 1. The number of hydrogen-bond donors (Lipinski definition) is 2. The molecule has 2 N–H and O–H groups in total. The Morgan fingerprint density at radius 1 is 1.23 bits per heavy atom. The van der Waals surface area contributed by atoms with E-state index in [0.29, 0.717) is 13.2 Å². The lowest BCUT2D eigenvalue weighted by Crippen LogP contribution is -2.44. The first-order chi connectivity index (χ1) is 10.4. The van der Waals surface area contributed by atoms with Crippen molar-refractivity contribution in [1.82, 2.24) is 5.32 Å². The monoisotopic (exact) mass is 309 g/mol. The molecule has 0 aromatic heterocycles. The number of hydrogen-bond acceptors (Lipinski definition) is 4. The number of benzene rings is 1. The van der Waals surface area contributed by atoms with Crippen molar-refractivity contribution in [3.05, 3.63) is 34.9 Å². The smallest absolute Gasteiger partial charge is 0.326 e. The molecule has 22 heavy (non-hydrogen) atoms. The summed E-state index contributed by atoms with van der Waals surface area (Å²) in [6.07, 6.45) is 0.236. The van der Waals surface area contributed by atoms with Gasteiger partial charge in [-0.05, 0) is 30.5 Å². The highest BCUT2D eigenvalue weighted by Gasteiger charge is 2.20. The maximum atomic E-state index is 11.7. The largest absolute Gasteiger partial charge is 0.480 e. The van der Waals surface area contributed by atoms with Crippen molar-refractivity contribution < 1.29 is 24.2 Å². The van der Waals surface area contributed by atoms with Gasteiger partial charge < -0.3 is 19.9 Å². The molecule has 0 spiro atoms. The van der Waals surface area contributed by atoms with E-state index in [-0.39, 0.29) is 13.0 Å². The number of carboxylic acid groups (broad SMARTS) is 1. The lowest BCUT2D eigenvalue weighted by Gasteiger charge is -2.15. The summed E-state index contributed by atoms with van der Waals surface area (Å²) >= 11 is 0. The van der Waals surface area contributed by atoms with Gasteiger partial charge in [0.1, 0.15) is 12.6 Å². The molecule has 1 rings (SSSR count). The van der Waals surface area contributed by atoms with Crippen molar-refractivity contribution in [2.45, 2.75) is 26.3 Å². The summed E-state index contributed by atoms with van der Waals surface area (Å²) in [4.78, 5) is 23.0. The molecule has 0 fully saturated rings. The van der Waals surface area contributed by atoms with Crippen molar-refractivity contribution in [2.75, 3.05) is 26.9 Å². The number of aryl methyl sites for hydroxylation is 2. The molecule has 1 amide bonds. The molecule has 122 valence electrons. The van der Waals surface area contributed by atoms with Gasteiger partial charge in [-0.25, -0.2) is 4.79 Å². The maximum absolute atomic E-state index is 11.7. The number of methoxy groups -OCH3 is 1. The summed E-state index contributed by atoms with van der Waals surface area (Å²) in [5.74, 6) is -1.52. The predicted octanol–water partition coefficient (Wildman–Crippen LogP) is 1.08. The molecule has 6 heteroatoms. The van der Waals surface area contributed by atoms with Crippen LogP contribution in [0.25, 0.3) is 0 Å². The van der Waals surface area contributed by atoms with Crippen molar-refractivity contribution in [3.8, 4) is 0 Å². The first kappa shape index (κ1) is 18.1. The Morgan fingerprint density at radius 2 is 1.95 bits per heavy atom. The quantitative estimate of drug-likeness (QED) is 0.667. The van der Waals surface area contributed by atoms with E-state index in [1.807, 2.05) is 32.0 Å². The second-order valence-corrected chi connectivity index (χ2v) is 5.13. The van der Waals surface area contributed by atoms with Crippen LogP contribution in [0, 0.1) is 13.8 Å². The van der Waals surface area contributed by atoms with E-state index in [1.54, 1.807) is 0 Å². The predicted molar refractivity (Wildman–Crippen MR) is 81.9 cm³/mol. The molecule has 0 unspecified atom stereocenters. The van der Waals surface area contributed by atoms with Crippen LogP contribution in [0.15, 0.2) is 18.2 Å². The molecule has 0 aliphatic heterocycles. The Balaban J connectivity index is 2.56. The summed E-state index contributed by atoms with van der Waals surface area (Å²) in [6, 6.07) is 4.78. The Labute approximate surface area is 130 Å². The van der Waals surface area contributed by atoms with Gasteiger partial charge in [-0.3, -0.25) is 4.79 Å². The topological polar surface area (TPSA) is 84.9 Å². The van der Waals surface area contributed by atoms with E-state index < -0.39 is 17.9 Å². The molecule has 0 heterocycles. The average Bonchev–Trinajstić information content (AvgIpc) is 2.46. The van der Waals surface area contributed by atoms with Crippen LogP contribution in [0.5, 0.6) is 0 Å². The van der Waals surface area contributed by atoms with E-state index in [1.165, 1.54) is 7.11 Å². The summed E-state index contributed by atoms with van der Waals surface area (Å²) in [7, 11) is 1.54. The zero-order chi connectivity index (χ0) is 16.5. The van der Waals surface area contributed by atoms with Crippen molar-refractivity contribution in [3.63, 3.8) is 0 Å². The molecule has 1 aromatic carbocycles. The van der Waals surface area contributed by atoms with Gasteiger partial charge in [-0.1, -0.05) is 18.2 Å². The van der Waals surface area contributed by atoms with Crippen LogP contribution in [0.4, 0.5) is 0 Å². The van der Waals surface area contributed by atoms with Crippen LogP contribution in [0.3, 0.4) is 0 Å². The average molecular weight is 309 g/mol. The number of nitrogens with one attached hydrogen (secondary N) is 1. The number of amides is 1. The minimum atomic E-state index is -1.07. The zero-order valence-electron chi connectivity index (χ0n) is 13.2.